The first-order valence-corrected chi connectivity index (χ1v) is 6.62. The summed E-state index contributed by atoms with van der Waals surface area (Å²) >= 11 is 5.94. The van der Waals surface area contributed by atoms with Gasteiger partial charge in [-0.2, -0.15) is 0 Å². The minimum atomic E-state index is -0.502. The standard InChI is InChI=1S/C14H21ClN2O2/c1-14(2,3)19-13(18)17-9-11(8-16)10-5-4-6-12(15)7-10/h4-7,11H,8-9,16H2,1-3H3,(H,17,18). The molecule has 0 saturated heterocycles. The maximum Gasteiger partial charge on any atom is 0.407 e. The molecule has 0 heterocycles. The lowest BCUT2D eigenvalue weighted by atomic mass is 9.99. The number of nitrogens with one attached hydrogen (secondary N) is 1. The van der Waals surface area contributed by atoms with Crippen LogP contribution >= 0.6 is 11.6 Å². The van der Waals surface area contributed by atoms with Gasteiger partial charge in [-0.05, 0) is 38.5 Å². The van der Waals surface area contributed by atoms with Crippen LogP contribution in [0.4, 0.5) is 4.79 Å². The highest BCUT2D eigenvalue weighted by Gasteiger charge is 2.17. The molecule has 0 radical (unpaired) electrons. The number of carbonyl (C=O) groups excluding carboxylic acids is 1. The van der Waals surface area contributed by atoms with E-state index in [-0.39, 0.29) is 5.92 Å². The quantitative estimate of drug-likeness (QED) is 0.893. The van der Waals surface area contributed by atoms with Gasteiger partial charge in [-0.15, -0.1) is 0 Å². The van der Waals surface area contributed by atoms with Gasteiger partial charge in [0.05, 0.1) is 0 Å². The molecule has 1 atom stereocenters. The number of amides is 1. The summed E-state index contributed by atoms with van der Waals surface area (Å²) in [7, 11) is 0. The molecule has 0 aromatic heterocycles. The number of alkyl carbamates (subject to hydrolysis) is 1. The van der Waals surface area contributed by atoms with E-state index in [1.807, 2.05) is 39.0 Å². The van der Waals surface area contributed by atoms with Crippen LogP contribution in [-0.4, -0.2) is 24.8 Å². The van der Waals surface area contributed by atoms with Crippen molar-refractivity contribution in [2.75, 3.05) is 13.1 Å². The minimum Gasteiger partial charge on any atom is -0.444 e. The van der Waals surface area contributed by atoms with E-state index in [1.54, 1.807) is 6.07 Å². The Bertz CT molecular complexity index is 430. The Labute approximate surface area is 119 Å². The maximum atomic E-state index is 11.6. The fraction of sp³-hybridized carbons (Fsp3) is 0.500. The van der Waals surface area contributed by atoms with Gasteiger partial charge in [0, 0.05) is 24.0 Å². The molecule has 106 valence electrons. The predicted molar refractivity (Wildman–Crippen MR) is 77.5 cm³/mol. The van der Waals surface area contributed by atoms with E-state index in [0.29, 0.717) is 18.1 Å². The van der Waals surface area contributed by atoms with Crippen LogP contribution < -0.4 is 11.1 Å². The van der Waals surface area contributed by atoms with Crippen LogP contribution in [0.5, 0.6) is 0 Å². The summed E-state index contributed by atoms with van der Waals surface area (Å²) in [6, 6.07) is 7.48. The van der Waals surface area contributed by atoms with Crippen molar-refractivity contribution in [1.82, 2.24) is 5.32 Å². The number of halogens is 1. The van der Waals surface area contributed by atoms with Crippen LogP contribution in [0.15, 0.2) is 24.3 Å². The van der Waals surface area contributed by atoms with Crippen molar-refractivity contribution in [2.24, 2.45) is 5.73 Å². The lowest BCUT2D eigenvalue weighted by Gasteiger charge is -2.21. The van der Waals surface area contributed by atoms with Gasteiger partial charge in [0.25, 0.3) is 0 Å². The molecule has 0 fully saturated rings. The molecule has 3 N–H and O–H groups in total. The summed E-state index contributed by atoms with van der Waals surface area (Å²) in [5.41, 5.74) is 6.24. The molecule has 0 aliphatic heterocycles. The number of hydrogen-bond donors (Lipinski definition) is 2. The Kier molecular flexibility index (Phi) is 5.63. The monoisotopic (exact) mass is 284 g/mol. The molecule has 4 nitrogen and oxygen atoms in total. The maximum absolute atomic E-state index is 11.6. The molecule has 0 saturated carbocycles. The second-order valence-electron chi connectivity index (χ2n) is 5.37. The zero-order valence-corrected chi connectivity index (χ0v) is 12.3. The molecule has 5 heteroatoms. The molecule has 0 spiro atoms. The Morgan fingerprint density at radius 3 is 2.68 bits per heavy atom. The molecule has 1 rings (SSSR count). The number of nitrogens with two attached hydrogens (primary N) is 1. The molecule has 0 aliphatic carbocycles. The fourth-order valence-corrected chi connectivity index (χ4v) is 1.82. The van der Waals surface area contributed by atoms with Gasteiger partial charge >= 0.3 is 6.09 Å². The Morgan fingerprint density at radius 2 is 2.16 bits per heavy atom. The third kappa shape index (κ3) is 5.94. The number of ether oxygens (including phenoxy) is 1. The molecule has 19 heavy (non-hydrogen) atoms. The van der Waals surface area contributed by atoms with Gasteiger partial charge in [-0.3, -0.25) is 0 Å². The topological polar surface area (TPSA) is 64.3 Å². The second kappa shape index (κ2) is 6.78. The lowest BCUT2D eigenvalue weighted by Crippen LogP contribution is -2.36. The van der Waals surface area contributed by atoms with Gasteiger partial charge in [0.2, 0.25) is 0 Å². The summed E-state index contributed by atoms with van der Waals surface area (Å²) in [5, 5.41) is 3.38. The van der Waals surface area contributed by atoms with Gasteiger partial charge in [0.15, 0.2) is 0 Å². The van der Waals surface area contributed by atoms with Gasteiger partial charge in [-0.1, -0.05) is 23.7 Å². The first kappa shape index (κ1) is 15.8. The van der Waals surface area contributed by atoms with Crippen molar-refractivity contribution >= 4 is 17.7 Å². The first-order chi connectivity index (χ1) is 8.81. The number of rotatable bonds is 4. The first-order valence-electron chi connectivity index (χ1n) is 6.24. The van der Waals surface area contributed by atoms with Crippen molar-refractivity contribution in [3.63, 3.8) is 0 Å². The van der Waals surface area contributed by atoms with Crippen LogP contribution in [0.25, 0.3) is 0 Å². The SMILES string of the molecule is CC(C)(C)OC(=O)NCC(CN)c1cccc(Cl)c1. The zero-order valence-electron chi connectivity index (χ0n) is 11.6. The van der Waals surface area contributed by atoms with E-state index in [2.05, 4.69) is 5.32 Å². The Balaban J connectivity index is 2.56. The fourth-order valence-electron chi connectivity index (χ4n) is 1.62. The smallest absolute Gasteiger partial charge is 0.407 e. The zero-order chi connectivity index (χ0) is 14.5. The third-order valence-electron chi connectivity index (χ3n) is 2.50. The molecule has 1 amide bonds. The van der Waals surface area contributed by atoms with E-state index < -0.39 is 11.7 Å². The summed E-state index contributed by atoms with van der Waals surface area (Å²) < 4.78 is 5.18. The molecule has 1 aromatic rings. The van der Waals surface area contributed by atoms with Crippen LogP contribution in [0.2, 0.25) is 5.02 Å². The number of carbonyl (C=O) groups is 1. The summed E-state index contributed by atoms with van der Waals surface area (Å²) in [6.07, 6.45) is -0.437. The van der Waals surface area contributed by atoms with Crippen molar-refractivity contribution in [1.29, 1.82) is 0 Å². The van der Waals surface area contributed by atoms with Gasteiger partial charge in [0.1, 0.15) is 5.60 Å². The summed E-state index contributed by atoms with van der Waals surface area (Å²) in [6.45, 7) is 6.32. The minimum absolute atomic E-state index is 0.0196. The normalized spacial score (nSPS) is 12.9. The average Bonchev–Trinajstić information content (AvgIpc) is 2.27. The van der Waals surface area contributed by atoms with Crippen LogP contribution in [-0.2, 0) is 4.74 Å². The van der Waals surface area contributed by atoms with Crippen molar-refractivity contribution < 1.29 is 9.53 Å². The van der Waals surface area contributed by atoms with Crippen molar-refractivity contribution in [3.05, 3.63) is 34.9 Å². The van der Waals surface area contributed by atoms with Gasteiger partial charge < -0.3 is 15.8 Å². The highest BCUT2D eigenvalue weighted by Crippen LogP contribution is 2.18. The van der Waals surface area contributed by atoms with Gasteiger partial charge in [-0.25, -0.2) is 4.79 Å². The van der Waals surface area contributed by atoms with E-state index >= 15 is 0 Å². The van der Waals surface area contributed by atoms with Crippen molar-refractivity contribution in [3.8, 4) is 0 Å². The predicted octanol–water partition coefficient (Wildman–Crippen LogP) is 2.91. The Morgan fingerprint density at radius 1 is 1.47 bits per heavy atom. The molecule has 1 unspecified atom stereocenters. The second-order valence-corrected chi connectivity index (χ2v) is 5.81. The van der Waals surface area contributed by atoms with Crippen LogP contribution in [0.3, 0.4) is 0 Å². The third-order valence-corrected chi connectivity index (χ3v) is 2.73. The number of hydrogen-bond acceptors (Lipinski definition) is 3. The highest BCUT2D eigenvalue weighted by molar-refractivity contribution is 6.30. The Hall–Kier alpha value is -1.26. The molecular formula is C14H21ClN2O2. The van der Waals surface area contributed by atoms with E-state index in [9.17, 15) is 4.79 Å². The average molecular weight is 285 g/mol. The van der Waals surface area contributed by atoms with Crippen LogP contribution in [0.1, 0.15) is 32.3 Å². The largest absolute Gasteiger partial charge is 0.444 e. The molecule has 0 bridgehead atoms. The van der Waals surface area contributed by atoms with Crippen molar-refractivity contribution in [2.45, 2.75) is 32.3 Å². The summed E-state index contributed by atoms with van der Waals surface area (Å²) in [4.78, 5) is 11.6. The molecule has 0 aliphatic rings. The highest BCUT2D eigenvalue weighted by atomic mass is 35.5. The van der Waals surface area contributed by atoms with Crippen LogP contribution in [0, 0.1) is 0 Å². The molecule has 1 aromatic carbocycles. The lowest BCUT2D eigenvalue weighted by molar-refractivity contribution is 0.0525. The van der Waals surface area contributed by atoms with E-state index in [1.165, 1.54) is 0 Å². The van der Waals surface area contributed by atoms with E-state index in [0.717, 1.165) is 5.56 Å². The summed E-state index contributed by atoms with van der Waals surface area (Å²) in [5.74, 6) is 0.0196. The number of benzene rings is 1. The van der Waals surface area contributed by atoms with E-state index in [4.69, 9.17) is 22.1 Å². The molecular weight excluding hydrogens is 264 g/mol.